The van der Waals surface area contributed by atoms with E-state index in [1.54, 1.807) is 0 Å². The molecule has 3 nitrogen and oxygen atoms in total. The van der Waals surface area contributed by atoms with Crippen molar-refractivity contribution in [3.8, 4) is 0 Å². The number of likely N-dealkylation sites (tertiary alicyclic amines) is 1. The summed E-state index contributed by atoms with van der Waals surface area (Å²) in [6, 6.07) is 1.29. The largest absolute Gasteiger partial charge is 0.379 e. The highest BCUT2D eigenvalue weighted by Gasteiger charge is 2.52. The Balaban J connectivity index is 2.25. The number of hydrogen-bond donors (Lipinski definition) is 0. The van der Waals surface area contributed by atoms with Crippen molar-refractivity contribution in [1.82, 2.24) is 9.80 Å². The van der Waals surface area contributed by atoms with Crippen LogP contribution in [0.15, 0.2) is 0 Å². The second-order valence-corrected chi connectivity index (χ2v) is 9.57. The van der Waals surface area contributed by atoms with Crippen LogP contribution in [0.4, 0.5) is 0 Å². The van der Waals surface area contributed by atoms with Gasteiger partial charge in [-0.1, -0.05) is 27.7 Å². The van der Waals surface area contributed by atoms with E-state index < -0.39 is 0 Å². The van der Waals surface area contributed by atoms with Gasteiger partial charge in [0.2, 0.25) is 0 Å². The summed E-state index contributed by atoms with van der Waals surface area (Å²) in [4.78, 5) is 5.44. The van der Waals surface area contributed by atoms with Crippen LogP contribution in [0.2, 0.25) is 0 Å². The highest BCUT2D eigenvalue weighted by molar-refractivity contribution is 5.05. The Morgan fingerprint density at radius 1 is 0.955 bits per heavy atom. The minimum absolute atomic E-state index is 0.228. The highest BCUT2D eigenvalue weighted by atomic mass is 16.5. The third-order valence-electron chi connectivity index (χ3n) is 5.81. The van der Waals surface area contributed by atoms with E-state index in [0.29, 0.717) is 17.5 Å². The predicted octanol–water partition coefficient (Wildman–Crippen LogP) is 3.49. The summed E-state index contributed by atoms with van der Waals surface area (Å²) in [6.45, 7) is 24.6. The standard InChI is InChI=1S/C19H38N2O/c1-14-15(2)21(19(6,7)8)17(18(3,4)5)16(14)13-20-9-11-22-12-10-20/h14-17H,9-13H2,1-8H3/t14-,15+,16?,17-/m0/s1. The Bertz CT molecular complexity index is 363. The molecule has 2 aliphatic rings. The van der Waals surface area contributed by atoms with Crippen molar-refractivity contribution < 1.29 is 4.74 Å². The Morgan fingerprint density at radius 3 is 1.95 bits per heavy atom. The summed E-state index contributed by atoms with van der Waals surface area (Å²) >= 11 is 0. The molecule has 0 saturated carbocycles. The maximum Gasteiger partial charge on any atom is 0.0594 e. The van der Waals surface area contributed by atoms with Crippen molar-refractivity contribution in [2.45, 2.75) is 73.0 Å². The first-order valence-electron chi connectivity index (χ1n) is 9.12. The Morgan fingerprint density at radius 2 is 1.50 bits per heavy atom. The second kappa shape index (κ2) is 6.41. The molecular weight excluding hydrogens is 272 g/mol. The van der Waals surface area contributed by atoms with E-state index in [-0.39, 0.29) is 5.54 Å². The van der Waals surface area contributed by atoms with Gasteiger partial charge < -0.3 is 4.74 Å². The van der Waals surface area contributed by atoms with Gasteiger partial charge in [0, 0.05) is 37.3 Å². The zero-order valence-corrected chi connectivity index (χ0v) is 16.1. The second-order valence-electron chi connectivity index (χ2n) is 9.57. The first-order chi connectivity index (χ1) is 10.0. The summed E-state index contributed by atoms with van der Waals surface area (Å²) in [5, 5.41) is 0. The van der Waals surface area contributed by atoms with E-state index in [1.807, 2.05) is 0 Å². The smallest absolute Gasteiger partial charge is 0.0594 e. The topological polar surface area (TPSA) is 15.7 Å². The summed E-state index contributed by atoms with van der Waals surface area (Å²) in [7, 11) is 0. The van der Waals surface area contributed by atoms with Crippen molar-refractivity contribution in [3.05, 3.63) is 0 Å². The van der Waals surface area contributed by atoms with Crippen molar-refractivity contribution >= 4 is 0 Å². The van der Waals surface area contributed by atoms with Crippen LogP contribution in [0.25, 0.3) is 0 Å². The molecule has 130 valence electrons. The van der Waals surface area contributed by atoms with E-state index in [0.717, 1.165) is 38.1 Å². The van der Waals surface area contributed by atoms with Crippen molar-refractivity contribution in [2.75, 3.05) is 32.8 Å². The average Bonchev–Trinajstić information content (AvgIpc) is 2.64. The first kappa shape index (κ1) is 18.2. The zero-order chi connectivity index (χ0) is 16.7. The van der Waals surface area contributed by atoms with Gasteiger partial charge in [0.05, 0.1) is 13.2 Å². The lowest BCUT2D eigenvalue weighted by atomic mass is 9.75. The summed E-state index contributed by atoms with van der Waals surface area (Å²) < 4.78 is 5.53. The summed E-state index contributed by atoms with van der Waals surface area (Å²) in [6.07, 6.45) is 0. The zero-order valence-electron chi connectivity index (χ0n) is 16.1. The van der Waals surface area contributed by atoms with Gasteiger partial charge in [-0.05, 0) is 44.9 Å². The Hall–Kier alpha value is -0.120. The molecule has 2 aliphatic heterocycles. The molecule has 0 aliphatic carbocycles. The fourth-order valence-corrected chi connectivity index (χ4v) is 4.79. The normalized spacial score (nSPS) is 36.0. The van der Waals surface area contributed by atoms with Gasteiger partial charge in [-0.15, -0.1) is 0 Å². The molecule has 2 heterocycles. The Labute approximate surface area is 138 Å². The molecule has 0 aromatic heterocycles. The van der Waals surface area contributed by atoms with Crippen LogP contribution in [-0.4, -0.2) is 60.3 Å². The fraction of sp³-hybridized carbons (Fsp3) is 1.00. The van der Waals surface area contributed by atoms with Crippen LogP contribution in [0, 0.1) is 17.3 Å². The lowest BCUT2D eigenvalue weighted by molar-refractivity contribution is -0.00334. The molecular formula is C19H38N2O. The Kier molecular flexibility index (Phi) is 5.31. The maximum atomic E-state index is 5.53. The molecule has 0 spiro atoms. The fourth-order valence-electron chi connectivity index (χ4n) is 4.79. The number of rotatable bonds is 2. The third kappa shape index (κ3) is 3.68. The van der Waals surface area contributed by atoms with E-state index in [9.17, 15) is 0 Å². The number of ether oxygens (including phenoxy) is 1. The molecule has 0 N–H and O–H groups in total. The van der Waals surface area contributed by atoms with Crippen molar-refractivity contribution in [2.24, 2.45) is 17.3 Å². The van der Waals surface area contributed by atoms with Crippen LogP contribution < -0.4 is 0 Å². The van der Waals surface area contributed by atoms with Gasteiger partial charge in [-0.25, -0.2) is 0 Å². The average molecular weight is 311 g/mol. The van der Waals surface area contributed by atoms with E-state index in [2.05, 4.69) is 65.2 Å². The first-order valence-corrected chi connectivity index (χ1v) is 9.12. The van der Waals surface area contributed by atoms with Crippen molar-refractivity contribution in [3.63, 3.8) is 0 Å². The molecule has 3 heteroatoms. The molecule has 0 aromatic carbocycles. The molecule has 22 heavy (non-hydrogen) atoms. The van der Waals surface area contributed by atoms with Gasteiger partial charge in [-0.3, -0.25) is 9.80 Å². The van der Waals surface area contributed by atoms with Gasteiger partial charge in [0.1, 0.15) is 0 Å². The summed E-state index contributed by atoms with van der Waals surface area (Å²) in [5.74, 6) is 1.48. The molecule has 4 atom stereocenters. The minimum atomic E-state index is 0.228. The van der Waals surface area contributed by atoms with Gasteiger partial charge in [0.15, 0.2) is 0 Å². The number of morpholine rings is 1. The van der Waals surface area contributed by atoms with Gasteiger partial charge >= 0.3 is 0 Å². The summed E-state index contributed by atoms with van der Waals surface area (Å²) in [5.41, 5.74) is 0.536. The molecule has 0 bridgehead atoms. The quantitative estimate of drug-likeness (QED) is 0.776. The highest BCUT2D eigenvalue weighted by Crippen LogP contribution is 2.47. The molecule has 2 saturated heterocycles. The minimum Gasteiger partial charge on any atom is -0.379 e. The predicted molar refractivity (Wildman–Crippen MR) is 94.2 cm³/mol. The number of nitrogens with zero attached hydrogens (tertiary/aromatic N) is 2. The van der Waals surface area contributed by atoms with Crippen molar-refractivity contribution in [1.29, 1.82) is 0 Å². The van der Waals surface area contributed by atoms with Crippen LogP contribution in [0.1, 0.15) is 55.4 Å². The van der Waals surface area contributed by atoms with Crippen LogP contribution >= 0.6 is 0 Å². The molecule has 0 radical (unpaired) electrons. The van der Waals surface area contributed by atoms with Gasteiger partial charge in [-0.2, -0.15) is 0 Å². The maximum absolute atomic E-state index is 5.53. The lowest BCUT2D eigenvalue weighted by Gasteiger charge is -2.47. The SMILES string of the molecule is C[C@@H]1C(CN2CCOCC2)[C@@H](C(C)(C)C)N(C(C)(C)C)[C@@H]1C. The van der Waals surface area contributed by atoms with E-state index >= 15 is 0 Å². The third-order valence-corrected chi connectivity index (χ3v) is 5.81. The van der Waals surface area contributed by atoms with Crippen LogP contribution in [0.5, 0.6) is 0 Å². The monoisotopic (exact) mass is 310 g/mol. The van der Waals surface area contributed by atoms with E-state index in [4.69, 9.17) is 4.74 Å². The molecule has 2 rings (SSSR count). The molecule has 1 unspecified atom stereocenters. The number of hydrogen-bond acceptors (Lipinski definition) is 3. The lowest BCUT2D eigenvalue weighted by Crippen LogP contribution is -2.55. The molecule has 0 aromatic rings. The molecule has 2 fully saturated rings. The van der Waals surface area contributed by atoms with Gasteiger partial charge in [0.25, 0.3) is 0 Å². The molecule has 0 amide bonds. The van der Waals surface area contributed by atoms with E-state index in [1.165, 1.54) is 6.54 Å². The van der Waals surface area contributed by atoms with Crippen LogP contribution in [-0.2, 0) is 4.74 Å². The van der Waals surface area contributed by atoms with Crippen LogP contribution in [0.3, 0.4) is 0 Å².